The summed E-state index contributed by atoms with van der Waals surface area (Å²) < 4.78 is 28.4. The molecule has 0 saturated carbocycles. The van der Waals surface area contributed by atoms with E-state index in [9.17, 15) is 13.2 Å². The van der Waals surface area contributed by atoms with Crippen LogP contribution in [0.1, 0.15) is 29.3 Å². The van der Waals surface area contributed by atoms with E-state index in [0.29, 0.717) is 17.8 Å². The van der Waals surface area contributed by atoms with Gasteiger partial charge < -0.3 is 5.32 Å². The molecule has 0 aliphatic rings. The van der Waals surface area contributed by atoms with Gasteiger partial charge in [-0.25, -0.2) is 8.42 Å². The van der Waals surface area contributed by atoms with Crippen LogP contribution in [0, 0.1) is 6.92 Å². The molecule has 0 spiro atoms. The molecule has 0 bridgehead atoms. The Hall–Kier alpha value is -1.86. The molecule has 0 radical (unpaired) electrons. The quantitative estimate of drug-likeness (QED) is 0.761. The third-order valence-corrected chi connectivity index (χ3v) is 5.25. The lowest BCUT2D eigenvalue weighted by molar-refractivity contribution is 0.0953. The molecule has 0 atom stereocenters. The third kappa shape index (κ3) is 4.58. The summed E-state index contributed by atoms with van der Waals surface area (Å²) >= 11 is 3.30. The molecule has 1 amide bonds. The van der Waals surface area contributed by atoms with Gasteiger partial charge in [-0.2, -0.15) is 0 Å². The lowest BCUT2D eigenvalue weighted by atomic mass is 10.1. The Morgan fingerprint density at radius 2 is 1.92 bits per heavy atom. The van der Waals surface area contributed by atoms with Crippen molar-refractivity contribution in [3.05, 3.63) is 58.1 Å². The molecule has 2 aromatic carbocycles. The van der Waals surface area contributed by atoms with E-state index < -0.39 is 10.0 Å². The number of halogens is 1. The number of hydrogen-bond donors (Lipinski definition) is 2. The topological polar surface area (TPSA) is 75.3 Å². The Morgan fingerprint density at radius 1 is 1.17 bits per heavy atom. The van der Waals surface area contributed by atoms with Crippen molar-refractivity contribution in [3.63, 3.8) is 0 Å². The fourth-order valence-electron chi connectivity index (χ4n) is 2.11. The predicted molar refractivity (Wildman–Crippen MR) is 98.8 cm³/mol. The van der Waals surface area contributed by atoms with E-state index in [1.165, 1.54) is 12.1 Å². The van der Waals surface area contributed by atoms with Gasteiger partial charge in [0.1, 0.15) is 0 Å². The first kappa shape index (κ1) is 18.5. The van der Waals surface area contributed by atoms with Crippen molar-refractivity contribution in [3.8, 4) is 0 Å². The summed E-state index contributed by atoms with van der Waals surface area (Å²) in [5.74, 6) is -0.270. The van der Waals surface area contributed by atoms with Crippen LogP contribution in [-0.4, -0.2) is 20.9 Å². The average Bonchev–Trinajstić information content (AvgIpc) is 2.52. The van der Waals surface area contributed by atoms with Gasteiger partial charge in [-0.1, -0.05) is 35.0 Å². The van der Waals surface area contributed by atoms with Crippen molar-refractivity contribution in [1.82, 2.24) is 5.32 Å². The van der Waals surface area contributed by atoms with Gasteiger partial charge in [0, 0.05) is 22.3 Å². The zero-order valence-electron chi connectivity index (χ0n) is 13.5. The van der Waals surface area contributed by atoms with Crippen LogP contribution in [0.2, 0.25) is 0 Å². The Balaban J connectivity index is 2.32. The highest BCUT2D eigenvalue weighted by molar-refractivity contribution is 9.10. The summed E-state index contributed by atoms with van der Waals surface area (Å²) in [6.45, 7) is 4.28. The molecule has 2 rings (SSSR count). The molecule has 0 saturated heterocycles. The average molecular weight is 411 g/mol. The van der Waals surface area contributed by atoms with E-state index in [4.69, 9.17) is 0 Å². The number of rotatable bonds is 6. The number of hydrogen-bond acceptors (Lipinski definition) is 3. The number of benzene rings is 2. The Bertz CT molecular complexity index is 851. The van der Waals surface area contributed by atoms with E-state index >= 15 is 0 Å². The van der Waals surface area contributed by atoms with Crippen molar-refractivity contribution in [1.29, 1.82) is 0 Å². The van der Waals surface area contributed by atoms with Crippen LogP contribution in [0.3, 0.4) is 0 Å². The Labute approximate surface area is 150 Å². The normalized spacial score (nSPS) is 11.1. The number of aryl methyl sites for hydroxylation is 1. The summed E-state index contributed by atoms with van der Waals surface area (Å²) in [6.07, 6.45) is 0.813. The van der Waals surface area contributed by atoms with Crippen LogP contribution in [0.5, 0.6) is 0 Å². The largest absolute Gasteiger partial charge is 0.352 e. The van der Waals surface area contributed by atoms with Gasteiger partial charge >= 0.3 is 0 Å². The van der Waals surface area contributed by atoms with Gasteiger partial charge in [0.15, 0.2) is 0 Å². The maximum Gasteiger partial charge on any atom is 0.261 e. The molecule has 5 nitrogen and oxygen atoms in total. The zero-order valence-corrected chi connectivity index (χ0v) is 15.9. The van der Waals surface area contributed by atoms with Crippen molar-refractivity contribution < 1.29 is 13.2 Å². The third-order valence-electron chi connectivity index (χ3n) is 3.38. The van der Waals surface area contributed by atoms with Gasteiger partial charge in [0.25, 0.3) is 15.9 Å². The molecule has 7 heteroatoms. The van der Waals surface area contributed by atoms with Gasteiger partial charge in [-0.05, 0) is 49.2 Å². The maximum absolute atomic E-state index is 12.6. The second-order valence-corrected chi connectivity index (χ2v) is 7.95. The number of amides is 1. The monoisotopic (exact) mass is 410 g/mol. The van der Waals surface area contributed by atoms with Crippen molar-refractivity contribution in [2.75, 3.05) is 11.3 Å². The molecule has 0 heterocycles. The van der Waals surface area contributed by atoms with Gasteiger partial charge in [0.2, 0.25) is 0 Å². The molecular weight excluding hydrogens is 392 g/mol. The van der Waals surface area contributed by atoms with Gasteiger partial charge in [-0.3, -0.25) is 9.52 Å². The van der Waals surface area contributed by atoms with Crippen LogP contribution in [0.4, 0.5) is 5.69 Å². The number of nitrogens with one attached hydrogen (secondary N) is 2. The first-order valence-electron chi connectivity index (χ1n) is 7.50. The van der Waals surface area contributed by atoms with Crippen LogP contribution < -0.4 is 10.0 Å². The van der Waals surface area contributed by atoms with Crippen molar-refractivity contribution >= 4 is 37.5 Å². The smallest absolute Gasteiger partial charge is 0.261 e. The highest BCUT2D eigenvalue weighted by Crippen LogP contribution is 2.21. The Kier molecular flexibility index (Phi) is 6.01. The first-order chi connectivity index (χ1) is 11.3. The SMILES string of the molecule is CCCNC(=O)c1cc(S(=O)(=O)Nc2cccc(Br)c2)ccc1C. The zero-order chi connectivity index (χ0) is 17.7. The van der Waals surface area contributed by atoms with E-state index in [1.807, 2.05) is 6.92 Å². The lowest BCUT2D eigenvalue weighted by Crippen LogP contribution is -2.25. The molecule has 24 heavy (non-hydrogen) atoms. The highest BCUT2D eigenvalue weighted by atomic mass is 79.9. The Morgan fingerprint density at radius 3 is 2.58 bits per heavy atom. The summed E-state index contributed by atoms with van der Waals surface area (Å²) in [5.41, 5.74) is 1.53. The van der Waals surface area contributed by atoms with Crippen LogP contribution in [0.15, 0.2) is 51.8 Å². The van der Waals surface area contributed by atoms with Crippen LogP contribution in [0.25, 0.3) is 0 Å². The van der Waals surface area contributed by atoms with Crippen molar-refractivity contribution in [2.45, 2.75) is 25.2 Å². The predicted octanol–water partition coefficient (Wildman–Crippen LogP) is 3.70. The number of sulfonamides is 1. The lowest BCUT2D eigenvalue weighted by Gasteiger charge is -2.12. The molecule has 0 aliphatic heterocycles. The van der Waals surface area contributed by atoms with E-state index in [1.54, 1.807) is 37.3 Å². The molecule has 2 aromatic rings. The molecule has 0 aromatic heterocycles. The second kappa shape index (κ2) is 7.81. The van der Waals surface area contributed by atoms with E-state index in [2.05, 4.69) is 26.0 Å². The summed E-state index contributed by atoms with van der Waals surface area (Å²) in [6, 6.07) is 11.4. The molecule has 0 aliphatic carbocycles. The maximum atomic E-state index is 12.6. The number of carbonyl (C=O) groups excluding carboxylic acids is 1. The molecule has 0 unspecified atom stereocenters. The standard InChI is InChI=1S/C17H19BrN2O3S/c1-3-9-19-17(21)16-11-15(8-7-12(16)2)24(22,23)20-14-6-4-5-13(18)10-14/h4-8,10-11,20H,3,9H2,1-2H3,(H,19,21). The molecule has 2 N–H and O–H groups in total. The minimum absolute atomic E-state index is 0.0507. The summed E-state index contributed by atoms with van der Waals surface area (Å²) in [4.78, 5) is 12.2. The van der Waals surface area contributed by atoms with Gasteiger partial charge in [-0.15, -0.1) is 0 Å². The fourth-order valence-corrected chi connectivity index (χ4v) is 3.59. The molecule has 128 valence electrons. The van der Waals surface area contributed by atoms with Crippen molar-refractivity contribution in [2.24, 2.45) is 0 Å². The minimum atomic E-state index is -3.77. The van der Waals surface area contributed by atoms with Crippen LogP contribution >= 0.6 is 15.9 Å². The molecular formula is C17H19BrN2O3S. The van der Waals surface area contributed by atoms with E-state index in [-0.39, 0.29) is 10.8 Å². The minimum Gasteiger partial charge on any atom is -0.352 e. The van der Waals surface area contributed by atoms with Crippen LogP contribution in [-0.2, 0) is 10.0 Å². The highest BCUT2D eigenvalue weighted by Gasteiger charge is 2.18. The summed E-state index contributed by atoms with van der Waals surface area (Å²) in [5, 5.41) is 2.76. The van der Waals surface area contributed by atoms with E-state index in [0.717, 1.165) is 16.5 Å². The first-order valence-corrected chi connectivity index (χ1v) is 9.78. The molecule has 0 fully saturated rings. The fraction of sp³-hybridized carbons (Fsp3) is 0.235. The number of anilines is 1. The van der Waals surface area contributed by atoms with Gasteiger partial charge in [0.05, 0.1) is 4.90 Å². The summed E-state index contributed by atoms with van der Waals surface area (Å²) in [7, 11) is -3.77. The number of carbonyl (C=O) groups is 1. The second-order valence-electron chi connectivity index (χ2n) is 5.35.